The van der Waals surface area contributed by atoms with Crippen molar-refractivity contribution < 1.29 is 4.79 Å². The lowest BCUT2D eigenvalue weighted by Gasteiger charge is -2.14. The molecule has 24 heavy (non-hydrogen) atoms. The third-order valence-corrected chi connectivity index (χ3v) is 3.99. The van der Waals surface area contributed by atoms with Crippen LogP contribution in [0.25, 0.3) is 0 Å². The summed E-state index contributed by atoms with van der Waals surface area (Å²) in [6.07, 6.45) is 10.1. The number of nitrogens with one attached hydrogen (secondary N) is 2. The van der Waals surface area contributed by atoms with Crippen molar-refractivity contribution in [3.63, 3.8) is 0 Å². The van der Waals surface area contributed by atoms with E-state index in [0.717, 1.165) is 24.9 Å². The number of hydrogen-bond acceptors (Lipinski definition) is 2. The first kappa shape index (κ1) is 18.0. The Morgan fingerprint density at radius 2 is 2.12 bits per heavy atom. The minimum absolute atomic E-state index is 0.0981. The van der Waals surface area contributed by atoms with Gasteiger partial charge in [-0.15, -0.1) is 0 Å². The lowest BCUT2D eigenvalue weighted by atomic mass is 10.1. The molecule has 2 N–H and O–H groups in total. The molecule has 0 spiro atoms. The van der Waals surface area contributed by atoms with E-state index in [0.29, 0.717) is 6.54 Å². The largest absolute Gasteiger partial charge is 0.336 e. The number of unbranched alkanes of at least 4 members (excludes halogenated alkanes) is 2. The van der Waals surface area contributed by atoms with Crippen molar-refractivity contribution in [2.24, 2.45) is 0 Å². The van der Waals surface area contributed by atoms with Crippen molar-refractivity contribution in [2.75, 3.05) is 0 Å². The molecule has 1 aromatic heterocycles. The molecule has 2 aromatic rings. The summed E-state index contributed by atoms with van der Waals surface area (Å²) < 4.78 is 2.03. The third kappa shape index (κ3) is 6.44. The van der Waals surface area contributed by atoms with Gasteiger partial charge in [0.05, 0.1) is 6.33 Å². The number of amides is 2. The number of urea groups is 1. The number of carbonyl (C=O) groups excluding carboxylic acids is 1. The topological polar surface area (TPSA) is 59.0 Å². The molecule has 2 rings (SSSR count). The number of benzene rings is 1. The molecule has 5 nitrogen and oxygen atoms in total. The maximum absolute atomic E-state index is 12.0. The minimum atomic E-state index is -0.0981. The lowest BCUT2D eigenvalue weighted by Crippen LogP contribution is -2.40. The first-order valence-electron chi connectivity index (χ1n) is 8.75. The molecule has 5 heteroatoms. The van der Waals surface area contributed by atoms with Crippen LogP contribution >= 0.6 is 0 Å². The molecule has 1 atom stereocenters. The van der Waals surface area contributed by atoms with E-state index in [1.165, 1.54) is 18.4 Å². The van der Waals surface area contributed by atoms with E-state index in [1.54, 1.807) is 12.5 Å². The first-order valence-corrected chi connectivity index (χ1v) is 8.75. The number of carbonyl (C=O) groups is 1. The van der Waals surface area contributed by atoms with Crippen molar-refractivity contribution in [1.82, 2.24) is 20.2 Å². The van der Waals surface area contributed by atoms with Crippen molar-refractivity contribution in [1.29, 1.82) is 0 Å². The summed E-state index contributed by atoms with van der Waals surface area (Å²) in [5.41, 5.74) is 2.29. The zero-order valence-electron chi connectivity index (χ0n) is 14.7. The van der Waals surface area contributed by atoms with E-state index >= 15 is 0 Å². The van der Waals surface area contributed by atoms with Gasteiger partial charge in [0, 0.05) is 31.5 Å². The van der Waals surface area contributed by atoms with Crippen LogP contribution in [0.3, 0.4) is 0 Å². The van der Waals surface area contributed by atoms with E-state index in [9.17, 15) is 4.79 Å². The van der Waals surface area contributed by atoms with Crippen LogP contribution in [0.2, 0.25) is 0 Å². The molecule has 0 saturated heterocycles. The van der Waals surface area contributed by atoms with Crippen molar-refractivity contribution >= 4 is 6.03 Å². The molecule has 1 unspecified atom stereocenters. The minimum Gasteiger partial charge on any atom is -0.336 e. The van der Waals surface area contributed by atoms with Gasteiger partial charge in [-0.25, -0.2) is 9.78 Å². The molecule has 0 saturated carbocycles. The predicted octanol–water partition coefficient (Wildman–Crippen LogP) is 3.70. The third-order valence-electron chi connectivity index (χ3n) is 3.99. The molecule has 0 radical (unpaired) electrons. The average molecular weight is 328 g/mol. The fourth-order valence-electron chi connectivity index (χ4n) is 2.66. The summed E-state index contributed by atoms with van der Waals surface area (Å²) in [6, 6.07) is 8.37. The maximum atomic E-state index is 12.0. The second kappa shape index (κ2) is 9.75. The van der Waals surface area contributed by atoms with Gasteiger partial charge in [0.2, 0.25) is 0 Å². The molecule has 1 heterocycles. The van der Waals surface area contributed by atoms with Gasteiger partial charge in [0.25, 0.3) is 0 Å². The Labute approximate surface area is 144 Å². The molecule has 0 aliphatic rings. The van der Waals surface area contributed by atoms with Crippen LogP contribution in [0.1, 0.15) is 50.7 Å². The normalized spacial score (nSPS) is 11.9. The van der Waals surface area contributed by atoms with Gasteiger partial charge in [-0.05, 0) is 24.5 Å². The molecular formula is C19H28N4O. The summed E-state index contributed by atoms with van der Waals surface area (Å²) in [6.45, 7) is 5.56. The Morgan fingerprint density at radius 3 is 2.88 bits per heavy atom. The van der Waals surface area contributed by atoms with Gasteiger partial charge in [-0.1, -0.05) is 50.5 Å². The van der Waals surface area contributed by atoms with Gasteiger partial charge >= 0.3 is 6.03 Å². The van der Waals surface area contributed by atoms with Crippen LogP contribution < -0.4 is 10.6 Å². The van der Waals surface area contributed by atoms with Crippen LogP contribution in [0.15, 0.2) is 43.0 Å². The van der Waals surface area contributed by atoms with E-state index in [2.05, 4.69) is 41.6 Å². The van der Waals surface area contributed by atoms with Gasteiger partial charge in [-0.3, -0.25) is 0 Å². The van der Waals surface area contributed by atoms with Gasteiger partial charge in [-0.2, -0.15) is 0 Å². The van der Waals surface area contributed by atoms with Crippen molar-refractivity contribution in [3.05, 3.63) is 54.1 Å². The molecule has 0 bridgehead atoms. The fourth-order valence-corrected chi connectivity index (χ4v) is 2.66. The standard InChI is InChI=1S/C19H28N4O/c1-3-4-5-7-16(2)22-19(24)21-13-17-8-6-9-18(12-17)14-23-11-10-20-15-23/h6,8-12,15-16H,3-5,7,13-14H2,1-2H3,(H2,21,22,24). The highest BCUT2D eigenvalue weighted by molar-refractivity contribution is 5.74. The van der Waals surface area contributed by atoms with Crippen LogP contribution in [-0.4, -0.2) is 21.6 Å². The Morgan fingerprint density at radius 1 is 1.29 bits per heavy atom. The predicted molar refractivity (Wildman–Crippen MR) is 96.7 cm³/mol. The lowest BCUT2D eigenvalue weighted by molar-refractivity contribution is 0.236. The van der Waals surface area contributed by atoms with Crippen molar-refractivity contribution in [2.45, 2.75) is 58.7 Å². The highest BCUT2D eigenvalue weighted by Crippen LogP contribution is 2.07. The molecular weight excluding hydrogens is 300 g/mol. The zero-order valence-corrected chi connectivity index (χ0v) is 14.7. The second-order valence-corrected chi connectivity index (χ2v) is 6.28. The SMILES string of the molecule is CCCCCC(C)NC(=O)NCc1cccc(Cn2ccnc2)c1. The maximum Gasteiger partial charge on any atom is 0.315 e. The number of aromatic nitrogens is 2. The van der Waals surface area contributed by atoms with Crippen LogP contribution in [-0.2, 0) is 13.1 Å². The molecule has 0 aliphatic heterocycles. The van der Waals surface area contributed by atoms with E-state index in [4.69, 9.17) is 0 Å². The Bertz CT molecular complexity index is 610. The summed E-state index contributed by atoms with van der Waals surface area (Å²) in [4.78, 5) is 16.0. The average Bonchev–Trinajstić information content (AvgIpc) is 3.06. The summed E-state index contributed by atoms with van der Waals surface area (Å²) >= 11 is 0. The fraction of sp³-hybridized carbons (Fsp3) is 0.474. The Balaban J connectivity index is 1.76. The number of nitrogens with zero attached hydrogens (tertiary/aromatic N) is 2. The summed E-state index contributed by atoms with van der Waals surface area (Å²) in [5.74, 6) is 0. The van der Waals surface area contributed by atoms with E-state index in [-0.39, 0.29) is 12.1 Å². The summed E-state index contributed by atoms with van der Waals surface area (Å²) in [7, 11) is 0. The van der Waals surface area contributed by atoms with Crippen LogP contribution in [0.5, 0.6) is 0 Å². The molecule has 0 aliphatic carbocycles. The monoisotopic (exact) mass is 328 g/mol. The number of imidazole rings is 1. The molecule has 0 fully saturated rings. The number of rotatable bonds is 9. The van der Waals surface area contributed by atoms with Crippen LogP contribution in [0, 0.1) is 0 Å². The summed E-state index contributed by atoms with van der Waals surface area (Å²) in [5, 5.41) is 5.93. The highest BCUT2D eigenvalue weighted by Gasteiger charge is 2.06. The highest BCUT2D eigenvalue weighted by atomic mass is 16.2. The van der Waals surface area contributed by atoms with Gasteiger partial charge < -0.3 is 15.2 Å². The van der Waals surface area contributed by atoms with Gasteiger partial charge in [0.15, 0.2) is 0 Å². The quantitative estimate of drug-likeness (QED) is 0.690. The Kier molecular flexibility index (Phi) is 7.33. The smallest absolute Gasteiger partial charge is 0.315 e. The zero-order chi connectivity index (χ0) is 17.2. The molecule has 130 valence electrons. The molecule has 1 aromatic carbocycles. The van der Waals surface area contributed by atoms with Gasteiger partial charge in [0.1, 0.15) is 0 Å². The number of hydrogen-bond donors (Lipinski definition) is 2. The van der Waals surface area contributed by atoms with E-state index < -0.39 is 0 Å². The second-order valence-electron chi connectivity index (χ2n) is 6.28. The molecule has 2 amide bonds. The first-order chi connectivity index (χ1) is 11.7. The Hall–Kier alpha value is -2.30. The van der Waals surface area contributed by atoms with Crippen molar-refractivity contribution in [3.8, 4) is 0 Å². The van der Waals surface area contributed by atoms with Crippen LogP contribution in [0.4, 0.5) is 4.79 Å². The van der Waals surface area contributed by atoms with E-state index in [1.807, 2.05) is 22.9 Å².